The molecule has 0 radical (unpaired) electrons. The maximum atomic E-state index is 11.0. The van der Waals surface area contributed by atoms with Crippen molar-refractivity contribution in [2.24, 2.45) is 5.73 Å². The zero-order chi connectivity index (χ0) is 11.4. The first-order valence-electron chi connectivity index (χ1n) is 5.50. The Balaban J connectivity index is 2.16. The number of hydrogen-bond acceptors (Lipinski definition) is 2. The van der Waals surface area contributed by atoms with Gasteiger partial charge in [-0.25, -0.2) is 4.79 Å². The van der Waals surface area contributed by atoms with Gasteiger partial charge in [0, 0.05) is 6.61 Å². The third-order valence-electron chi connectivity index (χ3n) is 2.79. The SMILES string of the molecule is NC(=O)NC(c1ccccc1)[C@H]1CCCO1. The maximum Gasteiger partial charge on any atom is 0.312 e. The van der Waals surface area contributed by atoms with Gasteiger partial charge in [0.05, 0.1) is 12.1 Å². The first-order valence-corrected chi connectivity index (χ1v) is 5.50. The zero-order valence-electron chi connectivity index (χ0n) is 9.06. The first-order chi connectivity index (χ1) is 7.77. The van der Waals surface area contributed by atoms with Gasteiger partial charge in [0.2, 0.25) is 0 Å². The van der Waals surface area contributed by atoms with Crippen LogP contribution < -0.4 is 11.1 Å². The maximum absolute atomic E-state index is 11.0. The number of carbonyl (C=O) groups excluding carboxylic acids is 1. The summed E-state index contributed by atoms with van der Waals surface area (Å²) in [6, 6.07) is 9.13. The standard InChI is InChI=1S/C12H16N2O2/c13-12(15)14-11(10-7-4-8-16-10)9-5-2-1-3-6-9/h1-3,5-6,10-11H,4,7-8H2,(H3,13,14,15)/t10-,11?/m1/s1. The molecule has 1 aliphatic heterocycles. The number of hydrogen-bond donors (Lipinski definition) is 2. The Kier molecular flexibility index (Phi) is 3.41. The van der Waals surface area contributed by atoms with Gasteiger partial charge in [-0.3, -0.25) is 0 Å². The molecule has 1 aromatic rings. The second-order valence-electron chi connectivity index (χ2n) is 3.95. The fraction of sp³-hybridized carbons (Fsp3) is 0.417. The molecular weight excluding hydrogens is 204 g/mol. The van der Waals surface area contributed by atoms with E-state index in [2.05, 4.69) is 5.32 Å². The number of nitrogens with one attached hydrogen (secondary N) is 1. The number of urea groups is 1. The molecule has 1 heterocycles. The van der Waals surface area contributed by atoms with Crippen molar-refractivity contribution in [2.75, 3.05) is 6.61 Å². The lowest BCUT2D eigenvalue weighted by atomic mass is 9.99. The predicted octanol–water partition coefficient (Wildman–Crippen LogP) is 1.57. The fourth-order valence-electron chi connectivity index (χ4n) is 2.07. The lowest BCUT2D eigenvalue weighted by molar-refractivity contribution is 0.0813. The molecule has 0 aliphatic carbocycles. The van der Waals surface area contributed by atoms with Gasteiger partial charge in [0.1, 0.15) is 0 Å². The third-order valence-corrected chi connectivity index (χ3v) is 2.79. The number of rotatable bonds is 3. The van der Waals surface area contributed by atoms with Crippen molar-refractivity contribution in [1.82, 2.24) is 5.32 Å². The highest BCUT2D eigenvalue weighted by Crippen LogP contribution is 2.26. The van der Waals surface area contributed by atoms with Crippen LogP contribution in [-0.2, 0) is 4.74 Å². The molecule has 0 spiro atoms. The molecule has 2 rings (SSSR count). The summed E-state index contributed by atoms with van der Waals surface area (Å²) in [5.41, 5.74) is 6.23. The van der Waals surface area contributed by atoms with E-state index in [1.807, 2.05) is 30.3 Å². The van der Waals surface area contributed by atoms with E-state index in [0.717, 1.165) is 25.0 Å². The molecule has 2 amide bonds. The van der Waals surface area contributed by atoms with Crippen LogP contribution in [0.15, 0.2) is 30.3 Å². The second-order valence-corrected chi connectivity index (χ2v) is 3.95. The van der Waals surface area contributed by atoms with Crippen molar-refractivity contribution in [3.05, 3.63) is 35.9 Å². The number of nitrogens with two attached hydrogens (primary N) is 1. The van der Waals surface area contributed by atoms with Gasteiger partial charge < -0.3 is 15.8 Å². The average Bonchev–Trinajstić information content (AvgIpc) is 2.80. The monoisotopic (exact) mass is 220 g/mol. The van der Waals surface area contributed by atoms with Crippen LogP contribution in [0.3, 0.4) is 0 Å². The van der Waals surface area contributed by atoms with Crippen LogP contribution in [0.5, 0.6) is 0 Å². The molecule has 4 nitrogen and oxygen atoms in total. The molecule has 1 saturated heterocycles. The molecule has 1 unspecified atom stereocenters. The van der Waals surface area contributed by atoms with Crippen molar-refractivity contribution >= 4 is 6.03 Å². The minimum atomic E-state index is -0.510. The van der Waals surface area contributed by atoms with Crippen molar-refractivity contribution in [3.63, 3.8) is 0 Å². The third kappa shape index (κ3) is 2.52. The molecule has 16 heavy (non-hydrogen) atoms. The zero-order valence-corrected chi connectivity index (χ0v) is 9.06. The Morgan fingerprint density at radius 3 is 2.75 bits per heavy atom. The molecule has 1 fully saturated rings. The van der Waals surface area contributed by atoms with Crippen LogP contribution in [0.4, 0.5) is 4.79 Å². The van der Waals surface area contributed by atoms with E-state index in [1.165, 1.54) is 0 Å². The van der Waals surface area contributed by atoms with Crippen LogP contribution >= 0.6 is 0 Å². The summed E-state index contributed by atoms with van der Waals surface area (Å²) in [4.78, 5) is 11.0. The molecule has 86 valence electrons. The number of primary amides is 1. The van der Waals surface area contributed by atoms with E-state index >= 15 is 0 Å². The van der Waals surface area contributed by atoms with Crippen molar-refractivity contribution < 1.29 is 9.53 Å². The van der Waals surface area contributed by atoms with Gasteiger partial charge in [0.25, 0.3) is 0 Å². The highest BCUT2D eigenvalue weighted by Gasteiger charge is 2.27. The van der Waals surface area contributed by atoms with Crippen LogP contribution in [-0.4, -0.2) is 18.7 Å². The van der Waals surface area contributed by atoms with E-state index in [-0.39, 0.29) is 12.1 Å². The second kappa shape index (κ2) is 4.99. The van der Waals surface area contributed by atoms with Gasteiger partial charge in [-0.15, -0.1) is 0 Å². The Morgan fingerprint density at radius 1 is 1.44 bits per heavy atom. The number of carbonyl (C=O) groups is 1. The van der Waals surface area contributed by atoms with Gasteiger partial charge in [-0.2, -0.15) is 0 Å². The number of ether oxygens (including phenoxy) is 1. The van der Waals surface area contributed by atoms with Gasteiger partial charge in [-0.1, -0.05) is 30.3 Å². The summed E-state index contributed by atoms with van der Waals surface area (Å²) >= 11 is 0. The Bertz CT molecular complexity index is 347. The average molecular weight is 220 g/mol. The molecule has 3 N–H and O–H groups in total. The van der Waals surface area contributed by atoms with Crippen molar-refractivity contribution in [1.29, 1.82) is 0 Å². The number of amides is 2. The first kappa shape index (κ1) is 11.0. The largest absolute Gasteiger partial charge is 0.376 e. The molecular formula is C12H16N2O2. The Morgan fingerprint density at radius 2 is 2.19 bits per heavy atom. The molecule has 1 aromatic carbocycles. The van der Waals surface area contributed by atoms with E-state index in [0.29, 0.717) is 0 Å². The number of benzene rings is 1. The normalized spacial score (nSPS) is 21.6. The summed E-state index contributed by atoms with van der Waals surface area (Å²) < 4.78 is 5.60. The highest BCUT2D eigenvalue weighted by molar-refractivity contribution is 5.72. The van der Waals surface area contributed by atoms with Gasteiger partial charge >= 0.3 is 6.03 Å². The lowest BCUT2D eigenvalue weighted by Gasteiger charge is -2.23. The molecule has 2 atom stereocenters. The van der Waals surface area contributed by atoms with Gasteiger partial charge in [-0.05, 0) is 18.4 Å². The lowest BCUT2D eigenvalue weighted by Crippen LogP contribution is -2.39. The van der Waals surface area contributed by atoms with Crippen molar-refractivity contribution in [3.8, 4) is 0 Å². The summed E-state index contributed by atoms with van der Waals surface area (Å²) in [5.74, 6) is 0. The molecule has 0 bridgehead atoms. The van der Waals surface area contributed by atoms with Crippen LogP contribution in [0, 0.1) is 0 Å². The molecule has 0 aromatic heterocycles. The van der Waals surface area contributed by atoms with Gasteiger partial charge in [0.15, 0.2) is 0 Å². The predicted molar refractivity (Wildman–Crippen MR) is 60.9 cm³/mol. The molecule has 1 aliphatic rings. The Labute approximate surface area is 94.8 Å². The summed E-state index contributed by atoms with van der Waals surface area (Å²) in [7, 11) is 0. The summed E-state index contributed by atoms with van der Waals surface area (Å²) in [5, 5.41) is 2.75. The van der Waals surface area contributed by atoms with Crippen LogP contribution in [0.25, 0.3) is 0 Å². The minimum absolute atomic E-state index is 0.0369. The molecule has 0 saturated carbocycles. The van der Waals surface area contributed by atoms with E-state index in [1.54, 1.807) is 0 Å². The smallest absolute Gasteiger partial charge is 0.312 e. The van der Waals surface area contributed by atoms with Crippen LogP contribution in [0.1, 0.15) is 24.4 Å². The summed E-state index contributed by atoms with van der Waals surface area (Å²) in [6.45, 7) is 0.758. The molecule has 4 heteroatoms. The van der Waals surface area contributed by atoms with E-state index < -0.39 is 6.03 Å². The summed E-state index contributed by atoms with van der Waals surface area (Å²) in [6.07, 6.45) is 2.03. The quantitative estimate of drug-likeness (QED) is 0.812. The minimum Gasteiger partial charge on any atom is -0.376 e. The van der Waals surface area contributed by atoms with E-state index in [4.69, 9.17) is 10.5 Å². The fourth-order valence-corrected chi connectivity index (χ4v) is 2.07. The highest BCUT2D eigenvalue weighted by atomic mass is 16.5. The van der Waals surface area contributed by atoms with Crippen molar-refractivity contribution in [2.45, 2.75) is 25.0 Å². The van der Waals surface area contributed by atoms with E-state index in [9.17, 15) is 4.79 Å². The Hall–Kier alpha value is -1.55. The van der Waals surface area contributed by atoms with Crippen LogP contribution in [0.2, 0.25) is 0 Å². The topological polar surface area (TPSA) is 64.4 Å².